The molecule has 1 N–H and O–H groups in total. The Balaban J connectivity index is 1.37. The molecule has 4 nitrogen and oxygen atoms in total. The van der Waals surface area contributed by atoms with Gasteiger partial charge in [-0.15, -0.1) is 22.7 Å². The highest BCUT2D eigenvalue weighted by molar-refractivity contribution is 7.17. The number of fused-ring (bicyclic) bond motifs is 1. The first kappa shape index (κ1) is 19.7. The lowest BCUT2D eigenvalue weighted by Crippen LogP contribution is -2.17. The fraction of sp³-hybridized carbons (Fsp3) is 0.120. The number of aromatic nitrogens is 2. The summed E-state index contributed by atoms with van der Waals surface area (Å²) in [5.41, 5.74) is 6.17. The van der Waals surface area contributed by atoms with Gasteiger partial charge in [-0.2, -0.15) is 0 Å². The highest BCUT2D eigenvalue weighted by Crippen LogP contribution is 2.28. The highest BCUT2D eigenvalue weighted by atomic mass is 32.1. The SMILES string of the molecule is Cc1ccc(-c2csc(NC(=O)c3cc4sccc4n3CCc3ccccc3)n2)cc1. The molecule has 6 heteroatoms. The Bertz CT molecular complexity index is 1330. The Morgan fingerprint density at radius 3 is 2.65 bits per heavy atom. The van der Waals surface area contributed by atoms with E-state index in [-0.39, 0.29) is 5.91 Å². The van der Waals surface area contributed by atoms with Gasteiger partial charge in [0, 0.05) is 17.5 Å². The molecular weight excluding hydrogens is 422 g/mol. The van der Waals surface area contributed by atoms with Crippen molar-refractivity contribution in [2.24, 2.45) is 0 Å². The Morgan fingerprint density at radius 2 is 1.84 bits per heavy atom. The number of nitrogens with one attached hydrogen (secondary N) is 1. The van der Waals surface area contributed by atoms with Gasteiger partial charge in [-0.25, -0.2) is 4.98 Å². The summed E-state index contributed by atoms with van der Waals surface area (Å²) >= 11 is 3.10. The fourth-order valence-corrected chi connectivity index (χ4v) is 5.18. The van der Waals surface area contributed by atoms with Crippen LogP contribution in [0.2, 0.25) is 0 Å². The fourth-order valence-electron chi connectivity index (χ4n) is 3.64. The lowest BCUT2D eigenvalue weighted by molar-refractivity contribution is 0.101. The van der Waals surface area contributed by atoms with E-state index in [2.05, 4.69) is 69.6 Å². The lowest BCUT2D eigenvalue weighted by Gasteiger charge is -2.10. The number of carbonyl (C=O) groups is 1. The maximum Gasteiger partial charge on any atom is 0.274 e. The number of nitrogens with zero attached hydrogens (tertiary/aromatic N) is 2. The molecule has 2 aromatic carbocycles. The number of carbonyl (C=O) groups excluding carboxylic acids is 1. The standard InChI is InChI=1S/C25H21N3OS2/c1-17-7-9-19(10-8-17)20-16-31-25(26-20)27-24(29)22-15-23-21(12-14-30-23)28(22)13-11-18-5-3-2-4-6-18/h2-10,12,14-16H,11,13H2,1H3,(H,26,27,29). The number of benzene rings is 2. The van der Waals surface area contributed by atoms with Gasteiger partial charge >= 0.3 is 0 Å². The van der Waals surface area contributed by atoms with Crippen LogP contribution in [-0.2, 0) is 13.0 Å². The van der Waals surface area contributed by atoms with E-state index in [0.29, 0.717) is 10.8 Å². The second kappa shape index (κ2) is 8.49. The first-order valence-electron chi connectivity index (χ1n) is 10.1. The topological polar surface area (TPSA) is 46.9 Å². The molecule has 0 saturated heterocycles. The maximum atomic E-state index is 13.1. The number of hydrogen-bond donors (Lipinski definition) is 1. The molecule has 154 valence electrons. The second-order valence-corrected chi connectivity index (χ2v) is 9.25. The van der Waals surface area contributed by atoms with Crippen molar-refractivity contribution < 1.29 is 4.79 Å². The van der Waals surface area contributed by atoms with Crippen LogP contribution in [0.15, 0.2) is 77.5 Å². The van der Waals surface area contributed by atoms with Crippen LogP contribution in [0.5, 0.6) is 0 Å². The van der Waals surface area contributed by atoms with E-state index in [1.807, 2.05) is 29.6 Å². The largest absolute Gasteiger partial charge is 0.335 e. The molecule has 1 amide bonds. The zero-order chi connectivity index (χ0) is 21.2. The molecule has 0 saturated carbocycles. The normalized spacial score (nSPS) is 11.1. The third-order valence-corrected chi connectivity index (χ3v) is 6.91. The summed E-state index contributed by atoms with van der Waals surface area (Å²) < 4.78 is 3.24. The molecule has 3 aromatic heterocycles. The van der Waals surface area contributed by atoms with Crippen molar-refractivity contribution in [3.8, 4) is 11.3 Å². The molecule has 5 rings (SSSR count). The maximum absolute atomic E-state index is 13.1. The molecular formula is C25H21N3OS2. The van der Waals surface area contributed by atoms with Gasteiger partial charge in [0.2, 0.25) is 0 Å². The number of thiophene rings is 1. The van der Waals surface area contributed by atoms with Crippen molar-refractivity contribution in [3.05, 3.63) is 94.3 Å². The Hall–Kier alpha value is -3.22. The molecule has 0 spiro atoms. The van der Waals surface area contributed by atoms with Gasteiger partial charge in [-0.3, -0.25) is 10.1 Å². The summed E-state index contributed by atoms with van der Waals surface area (Å²) in [6.45, 7) is 2.81. The predicted octanol–water partition coefficient (Wildman–Crippen LogP) is 6.63. The first-order chi connectivity index (χ1) is 15.2. The number of hydrogen-bond acceptors (Lipinski definition) is 4. The van der Waals surface area contributed by atoms with Gasteiger partial charge in [0.25, 0.3) is 5.91 Å². The van der Waals surface area contributed by atoms with Crippen molar-refractivity contribution in [2.75, 3.05) is 5.32 Å². The van der Waals surface area contributed by atoms with E-state index in [9.17, 15) is 4.79 Å². The lowest BCUT2D eigenvalue weighted by atomic mass is 10.1. The van der Waals surface area contributed by atoms with Crippen molar-refractivity contribution in [1.82, 2.24) is 9.55 Å². The third-order valence-electron chi connectivity index (χ3n) is 5.29. The molecule has 0 unspecified atom stereocenters. The molecule has 0 aliphatic rings. The highest BCUT2D eigenvalue weighted by Gasteiger charge is 2.18. The summed E-state index contributed by atoms with van der Waals surface area (Å²) in [6.07, 6.45) is 0.871. The summed E-state index contributed by atoms with van der Waals surface area (Å²) in [5, 5.41) is 7.66. The third kappa shape index (κ3) is 4.17. The van der Waals surface area contributed by atoms with Crippen LogP contribution in [0.1, 0.15) is 21.6 Å². The number of amides is 1. The van der Waals surface area contributed by atoms with E-state index in [1.54, 1.807) is 11.3 Å². The van der Waals surface area contributed by atoms with Crippen molar-refractivity contribution in [1.29, 1.82) is 0 Å². The number of anilines is 1. The molecule has 0 aliphatic heterocycles. The summed E-state index contributed by atoms with van der Waals surface area (Å²) in [5.74, 6) is -0.124. The monoisotopic (exact) mass is 443 g/mol. The van der Waals surface area contributed by atoms with E-state index in [0.717, 1.165) is 34.4 Å². The van der Waals surface area contributed by atoms with Crippen LogP contribution < -0.4 is 5.32 Å². The van der Waals surface area contributed by atoms with Gasteiger partial charge < -0.3 is 4.57 Å². The van der Waals surface area contributed by atoms with Crippen LogP contribution in [0.4, 0.5) is 5.13 Å². The predicted molar refractivity (Wildman–Crippen MR) is 130 cm³/mol. The molecule has 0 radical (unpaired) electrons. The van der Waals surface area contributed by atoms with Crippen molar-refractivity contribution >= 4 is 43.9 Å². The molecule has 0 fully saturated rings. The first-order valence-corrected chi connectivity index (χ1v) is 11.9. The quantitative estimate of drug-likeness (QED) is 0.320. The van der Waals surface area contributed by atoms with Crippen LogP contribution >= 0.6 is 22.7 Å². The average molecular weight is 444 g/mol. The van der Waals surface area contributed by atoms with Crippen molar-refractivity contribution in [3.63, 3.8) is 0 Å². The molecule has 3 heterocycles. The van der Waals surface area contributed by atoms with Crippen LogP contribution in [0.3, 0.4) is 0 Å². The van der Waals surface area contributed by atoms with E-state index >= 15 is 0 Å². The minimum Gasteiger partial charge on any atom is -0.335 e. The molecule has 31 heavy (non-hydrogen) atoms. The number of thiazole rings is 1. The Morgan fingerprint density at radius 1 is 1.03 bits per heavy atom. The van der Waals surface area contributed by atoms with E-state index < -0.39 is 0 Å². The van der Waals surface area contributed by atoms with E-state index in [1.165, 1.54) is 22.5 Å². The van der Waals surface area contributed by atoms with Gasteiger partial charge in [0.1, 0.15) is 5.69 Å². The minimum atomic E-state index is -0.124. The van der Waals surface area contributed by atoms with Gasteiger partial charge in [-0.1, -0.05) is 60.2 Å². The molecule has 0 aliphatic carbocycles. The minimum absolute atomic E-state index is 0.124. The van der Waals surface area contributed by atoms with Crippen molar-refractivity contribution in [2.45, 2.75) is 19.9 Å². The van der Waals surface area contributed by atoms with Crippen LogP contribution in [0, 0.1) is 6.92 Å². The van der Waals surface area contributed by atoms with Gasteiger partial charge in [0.15, 0.2) is 5.13 Å². The molecule has 0 atom stereocenters. The summed E-state index contributed by atoms with van der Waals surface area (Å²) in [6, 6.07) is 22.7. The van der Waals surface area contributed by atoms with Gasteiger partial charge in [0.05, 0.1) is 15.9 Å². The summed E-state index contributed by atoms with van der Waals surface area (Å²) in [4.78, 5) is 17.8. The van der Waals surface area contributed by atoms with Gasteiger partial charge in [-0.05, 0) is 36.4 Å². The number of aryl methyl sites for hydroxylation is 3. The van der Waals surface area contributed by atoms with Crippen LogP contribution in [-0.4, -0.2) is 15.5 Å². The number of rotatable bonds is 6. The Labute approximate surface area is 188 Å². The average Bonchev–Trinajstić information content (AvgIpc) is 3.50. The zero-order valence-electron chi connectivity index (χ0n) is 17.0. The molecule has 5 aromatic rings. The molecule has 0 bridgehead atoms. The zero-order valence-corrected chi connectivity index (χ0v) is 18.7. The Kier molecular flexibility index (Phi) is 5.40. The van der Waals surface area contributed by atoms with Crippen LogP contribution in [0.25, 0.3) is 21.5 Å². The van der Waals surface area contributed by atoms with E-state index in [4.69, 9.17) is 0 Å². The second-order valence-electron chi connectivity index (χ2n) is 7.44. The summed E-state index contributed by atoms with van der Waals surface area (Å²) in [7, 11) is 0. The smallest absolute Gasteiger partial charge is 0.274 e.